The van der Waals surface area contributed by atoms with Crippen LogP contribution in [0.3, 0.4) is 0 Å². The lowest BCUT2D eigenvalue weighted by Crippen LogP contribution is -2.31. The molecule has 0 aromatic heterocycles. The van der Waals surface area contributed by atoms with Crippen LogP contribution >= 0.6 is 0 Å². The van der Waals surface area contributed by atoms with Gasteiger partial charge in [0.2, 0.25) is 0 Å². The van der Waals surface area contributed by atoms with Crippen molar-refractivity contribution in [1.29, 1.82) is 0 Å². The van der Waals surface area contributed by atoms with E-state index in [1.165, 1.54) is 18.4 Å². The van der Waals surface area contributed by atoms with Gasteiger partial charge in [0, 0.05) is 30.8 Å². The number of nitrogens with zero attached hydrogens (tertiary/aromatic N) is 1. The Labute approximate surface area is 150 Å². The molecule has 0 spiro atoms. The molecule has 5 nitrogen and oxygen atoms in total. The van der Waals surface area contributed by atoms with Crippen molar-refractivity contribution in [2.45, 2.75) is 32.1 Å². The van der Waals surface area contributed by atoms with E-state index in [1.807, 2.05) is 19.0 Å². The van der Waals surface area contributed by atoms with Gasteiger partial charge in [0.25, 0.3) is 11.8 Å². The molecular weight excluding hydrogens is 314 g/mol. The minimum absolute atomic E-state index is 0.126. The lowest BCUT2D eigenvalue weighted by Gasteiger charge is -2.13. The molecule has 0 saturated carbocycles. The number of hydrogen-bond acceptors (Lipinski definition) is 3. The number of rotatable bonds is 8. The third-order valence-electron chi connectivity index (χ3n) is 4.35. The van der Waals surface area contributed by atoms with Crippen molar-refractivity contribution in [3.8, 4) is 0 Å². The first-order valence-electron chi connectivity index (χ1n) is 9.05. The van der Waals surface area contributed by atoms with Gasteiger partial charge < -0.3 is 15.5 Å². The van der Waals surface area contributed by atoms with Crippen molar-refractivity contribution in [1.82, 2.24) is 15.5 Å². The van der Waals surface area contributed by atoms with Gasteiger partial charge in [0.1, 0.15) is 0 Å². The summed E-state index contributed by atoms with van der Waals surface area (Å²) in [5.74, 6) is -0.275. The van der Waals surface area contributed by atoms with Gasteiger partial charge in [-0.3, -0.25) is 9.59 Å². The molecule has 0 bridgehead atoms. The van der Waals surface area contributed by atoms with Crippen LogP contribution in [-0.2, 0) is 0 Å². The zero-order valence-electron chi connectivity index (χ0n) is 15.3. The second-order valence-corrected chi connectivity index (χ2v) is 6.75. The van der Waals surface area contributed by atoms with Crippen molar-refractivity contribution in [2.75, 3.05) is 33.7 Å². The Bertz CT molecular complexity index is 623. The van der Waals surface area contributed by atoms with Gasteiger partial charge in [0.05, 0.1) is 0 Å². The maximum Gasteiger partial charge on any atom is 0.251 e. The van der Waals surface area contributed by atoms with Crippen LogP contribution in [0.25, 0.3) is 0 Å². The smallest absolute Gasteiger partial charge is 0.251 e. The van der Waals surface area contributed by atoms with E-state index in [-0.39, 0.29) is 11.8 Å². The molecule has 2 amide bonds. The Balaban J connectivity index is 1.83. The van der Waals surface area contributed by atoms with Gasteiger partial charge in [-0.25, -0.2) is 0 Å². The highest BCUT2D eigenvalue weighted by Crippen LogP contribution is 2.19. The zero-order chi connectivity index (χ0) is 18.1. The summed E-state index contributed by atoms with van der Waals surface area (Å²) >= 11 is 0. The summed E-state index contributed by atoms with van der Waals surface area (Å²) in [6.45, 7) is 2.00. The molecule has 1 aromatic rings. The summed E-state index contributed by atoms with van der Waals surface area (Å²) in [4.78, 5) is 26.5. The van der Waals surface area contributed by atoms with E-state index in [0.29, 0.717) is 24.2 Å². The monoisotopic (exact) mass is 343 g/mol. The number of allylic oxidation sites excluding steroid dienone is 1. The summed E-state index contributed by atoms with van der Waals surface area (Å²) in [7, 11) is 3.92. The quantitative estimate of drug-likeness (QED) is 0.713. The van der Waals surface area contributed by atoms with Crippen LogP contribution in [0.5, 0.6) is 0 Å². The van der Waals surface area contributed by atoms with E-state index in [4.69, 9.17) is 0 Å². The minimum atomic E-state index is -0.149. The van der Waals surface area contributed by atoms with Crippen LogP contribution in [-0.4, -0.2) is 50.4 Å². The number of hydrogen-bond donors (Lipinski definition) is 2. The minimum Gasteiger partial charge on any atom is -0.352 e. The highest BCUT2D eigenvalue weighted by molar-refractivity contribution is 5.99. The van der Waals surface area contributed by atoms with Gasteiger partial charge in [0.15, 0.2) is 0 Å². The predicted octanol–water partition coefficient (Wildman–Crippen LogP) is 2.60. The lowest BCUT2D eigenvalue weighted by molar-refractivity contribution is 0.0951. The normalized spacial score (nSPS) is 14.1. The molecule has 0 atom stereocenters. The Kier molecular flexibility index (Phi) is 7.67. The van der Waals surface area contributed by atoms with E-state index in [9.17, 15) is 9.59 Å². The molecule has 5 heteroatoms. The van der Waals surface area contributed by atoms with Crippen molar-refractivity contribution in [3.63, 3.8) is 0 Å². The maximum atomic E-state index is 12.3. The first-order valence-corrected chi connectivity index (χ1v) is 9.05. The standard InChI is InChI=1S/C20H29N3O2/c1-23(2)14-13-22-20(25)18-10-6-9-17(15-18)19(24)21-12-11-16-7-4-3-5-8-16/h6-7,9-10,15H,3-5,8,11-14H2,1-2H3,(H,21,24)(H,22,25). The van der Waals surface area contributed by atoms with Gasteiger partial charge in [-0.1, -0.05) is 17.7 Å². The van der Waals surface area contributed by atoms with Crippen LogP contribution in [0, 0.1) is 0 Å². The molecule has 0 saturated heterocycles. The molecule has 0 radical (unpaired) electrons. The van der Waals surface area contributed by atoms with Gasteiger partial charge >= 0.3 is 0 Å². The molecular formula is C20H29N3O2. The number of likely N-dealkylation sites (N-methyl/N-ethyl adjacent to an activating group) is 1. The summed E-state index contributed by atoms with van der Waals surface area (Å²) in [5, 5.41) is 5.82. The highest BCUT2D eigenvalue weighted by Gasteiger charge is 2.11. The van der Waals surface area contributed by atoms with E-state index in [2.05, 4.69) is 16.7 Å². The molecule has 0 fully saturated rings. The molecule has 136 valence electrons. The average Bonchev–Trinajstić information content (AvgIpc) is 2.62. The van der Waals surface area contributed by atoms with Crippen LogP contribution in [0.15, 0.2) is 35.9 Å². The number of carbonyl (C=O) groups is 2. The van der Waals surface area contributed by atoms with E-state index in [1.54, 1.807) is 24.3 Å². The fourth-order valence-corrected chi connectivity index (χ4v) is 2.87. The first-order chi connectivity index (χ1) is 12.1. The number of amides is 2. The second-order valence-electron chi connectivity index (χ2n) is 6.75. The predicted molar refractivity (Wildman–Crippen MR) is 101 cm³/mol. The Hall–Kier alpha value is -2.14. The average molecular weight is 343 g/mol. The first kappa shape index (κ1) is 19.2. The number of carbonyl (C=O) groups excluding carboxylic acids is 2. The zero-order valence-corrected chi connectivity index (χ0v) is 15.3. The summed E-state index contributed by atoms with van der Waals surface area (Å²) < 4.78 is 0. The van der Waals surface area contributed by atoms with E-state index < -0.39 is 0 Å². The largest absolute Gasteiger partial charge is 0.352 e. The molecule has 0 heterocycles. The van der Waals surface area contributed by atoms with E-state index >= 15 is 0 Å². The third-order valence-corrected chi connectivity index (χ3v) is 4.35. The van der Waals surface area contributed by atoms with Crippen LogP contribution in [0.1, 0.15) is 52.8 Å². The lowest BCUT2D eigenvalue weighted by atomic mass is 9.97. The van der Waals surface area contributed by atoms with Gasteiger partial charge in [-0.2, -0.15) is 0 Å². The highest BCUT2D eigenvalue weighted by atomic mass is 16.2. The van der Waals surface area contributed by atoms with Crippen molar-refractivity contribution in [3.05, 3.63) is 47.0 Å². The summed E-state index contributed by atoms with van der Waals surface area (Å²) in [6, 6.07) is 6.88. The van der Waals surface area contributed by atoms with Gasteiger partial charge in [-0.15, -0.1) is 0 Å². The van der Waals surface area contributed by atoms with Crippen molar-refractivity contribution < 1.29 is 9.59 Å². The molecule has 0 aliphatic heterocycles. The Morgan fingerprint density at radius 1 is 1.04 bits per heavy atom. The van der Waals surface area contributed by atoms with Crippen LogP contribution < -0.4 is 10.6 Å². The van der Waals surface area contributed by atoms with Crippen molar-refractivity contribution >= 4 is 11.8 Å². The van der Waals surface area contributed by atoms with E-state index in [0.717, 1.165) is 25.8 Å². The summed E-state index contributed by atoms with van der Waals surface area (Å²) in [5.41, 5.74) is 2.49. The third kappa shape index (κ3) is 6.70. The Morgan fingerprint density at radius 2 is 1.72 bits per heavy atom. The van der Waals surface area contributed by atoms with Crippen LogP contribution in [0.2, 0.25) is 0 Å². The molecule has 0 unspecified atom stereocenters. The molecule has 2 rings (SSSR count). The molecule has 2 N–H and O–H groups in total. The van der Waals surface area contributed by atoms with Crippen molar-refractivity contribution in [2.24, 2.45) is 0 Å². The number of nitrogens with one attached hydrogen (secondary N) is 2. The molecule has 25 heavy (non-hydrogen) atoms. The fourth-order valence-electron chi connectivity index (χ4n) is 2.87. The molecule has 1 aromatic carbocycles. The second kappa shape index (κ2) is 9.99. The Morgan fingerprint density at radius 3 is 2.32 bits per heavy atom. The maximum absolute atomic E-state index is 12.3. The molecule has 1 aliphatic carbocycles. The van der Waals surface area contributed by atoms with Gasteiger partial charge in [-0.05, 0) is 64.4 Å². The topological polar surface area (TPSA) is 61.4 Å². The summed E-state index contributed by atoms with van der Waals surface area (Å²) in [6.07, 6.45) is 8.06. The van der Waals surface area contributed by atoms with Crippen LogP contribution in [0.4, 0.5) is 0 Å². The SMILES string of the molecule is CN(C)CCNC(=O)c1cccc(C(=O)NCCC2=CCCCC2)c1. The molecule has 1 aliphatic rings. The number of benzene rings is 1. The fraction of sp³-hybridized carbons (Fsp3) is 0.500.